The van der Waals surface area contributed by atoms with Crippen molar-refractivity contribution in [1.29, 1.82) is 0 Å². The highest BCUT2D eigenvalue weighted by atomic mass is 35.5. The predicted octanol–water partition coefficient (Wildman–Crippen LogP) is 2.44. The van der Waals surface area contributed by atoms with Crippen LogP contribution in [0.25, 0.3) is 5.65 Å². The van der Waals surface area contributed by atoms with Crippen LogP contribution in [0.5, 0.6) is 0 Å². The molecule has 3 aromatic heterocycles. The Bertz CT molecular complexity index is 990. The number of rotatable bonds is 3. The third kappa shape index (κ3) is 2.44. The molecule has 9 heteroatoms. The number of halogens is 1. The van der Waals surface area contributed by atoms with Crippen molar-refractivity contribution >= 4 is 40.8 Å². The van der Waals surface area contributed by atoms with Crippen molar-refractivity contribution in [2.45, 2.75) is 28.7 Å². The Morgan fingerprint density at radius 3 is 2.73 bits per heavy atom. The second kappa shape index (κ2) is 5.73. The van der Waals surface area contributed by atoms with E-state index in [9.17, 15) is 0 Å². The van der Waals surface area contributed by atoms with E-state index >= 15 is 0 Å². The lowest BCUT2D eigenvalue weighted by molar-refractivity contribution is 0.0649. The average molecular weight is 388 g/mol. The fourth-order valence-corrected chi connectivity index (χ4v) is 5.18. The first kappa shape index (κ1) is 16.2. The fourth-order valence-electron chi connectivity index (χ4n) is 4.04. The Hall–Kier alpha value is -2.03. The molecule has 0 aromatic carbocycles. The van der Waals surface area contributed by atoms with Crippen LogP contribution in [0.15, 0.2) is 40.6 Å². The lowest BCUT2D eigenvalue weighted by Crippen LogP contribution is -2.66. The standard InChI is InChI=1S/C17H18ClN7S/c18-13-11(1-2-21-14(13)20)26-12-7-23-16(25-4-3-22-15(12)25)24-8-17(9-24)5-10(19)6-17/h1-4,7,10H,5-6,8-9,19H2,(H2,20,21). The van der Waals surface area contributed by atoms with Gasteiger partial charge in [-0.25, -0.2) is 15.0 Å². The molecular weight excluding hydrogens is 370 g/mol. The summed E-state index contributed by atoms with van der Waals surface area (Å²) in [7, 11) is 0. The number of fused-ring (bicyclic) bond motifs is 1. The van der Waals surface area contributed by atoms with Gasteiger partial charge in [0, 0.05) is 54.2 Å². The van der Waals surface area contributed by atoms with E-state index in [4.69, 9.17) is 28.1 Å². The van der Waals surface area contributed by atoms with Crippen molar-refractivity contribution in [2.75, 3.05) is 23.7 Å². The second-order valence-corrected chi connectivity index (χ2v) is 8.64. The predicted molar refractivity (Wildman–Crippen MR) is 103 cm³/mol. The zero-order valence-electron chi connectivity index (χ0n) is 14.0. The van der Waals surface area contributed by atoms with Gasteiger partial charge in [0.25, 0.3) is 0 Å². The molecule has 4 N–H and O–H groups in total. The first-order valence-electron chi connectivity index (χ1n) is 8.45. The number of aromatic nitrogens is 4. The van der Waals surface area contributed by atoms with Gasteiger partial charge >= 0.3 is 0 Å². The smallest absolute Gasteiger partial charge is 0.211 e. The number of anilines is 2. The summed E-state index contributed by atoms with van der Waals surface area (Å²) in [6.07, 6.45) is 9.48. The highest BCUT2D eigenvalue weighted by Gasteiger charge is 2.52. The molecule has 1 aliphatic carbocycles. The van der Waals surface area contributed by atoms with Gasteiger partial charge in [-0.1, -0.05) is 23.4 Å². The van der Waals surface area contributed by atoms with E-state index in [0.29, 0.717) is 22.3 Å². The molecule has 0 radical (unpaired) electrons. The van der Waals surface area contributed by atoms with Crippen LogP contribution >= 0.6 is 23.4 Å². The first-order valence-corrected chi connectivity index (χ1v) is 9.65. The van der Waals surface area contributed by atoms with Crippen molar-refractivity contribution < 1.29 is 0 Å². The molecule has 7 nitrogen and oxygen atoms in total. The van der Waals surface area contributed by atoms with Gasteiger partial charge < -0.3 is 16.4 Å². The molecule has 0 bridgehead atoms. The zero-order chi connectivity index (χ0) is 17.9. The van der Waals surface area contributed by atoms with E-state index in [1.54, 1.807) is 12.4 Å². The maximum Gasteiger partial charge on any atom is 0.211 e. The van der Waals surface area contributed by atoms with Crippen molar-refractivity contribution in [1.82, 2.24) is 19.4 Å². The van der Waals surface area contributed by atoms with Crippen LogP contribution < -0.4 is 16.4 Å². The number of imidazole rings is 1. The van der Waals surface area contributed by atoms with E-state index in [2.05, 4.69) is 14.9 Å². The minimum atomic E-state index is 0.324. The van der Waals surface area contributed by atoms with Gasteiger partial charge in [0.15, 0.2) is 5.65 Å². The number of nitrogens with zero attached hydrogens (tertiary/aromatic N) is 5. The van der Waals surface area contributed by atoms with Crippen molar-refractivity contribution in [2.24, 2.45) is 11.1 Å². The van der Waals surface area contributed by atoms with Crippen LogP contribution in [0.4, 0.5) is 11.8 Å². The van der Waals surface area contributed by atoms with E-state index in [-0.39, 0.29) is 0 Å². The molecule has 1 saturated heterocycles. The normalized spacial score (nSPS) is 18.9. The molecule has 0 atom stereocenters. The van der Waals surface area contributed by atoms with Gasteiger partial charge in [0.05, 0.1) is 9.92 Å². The third-order valence-corrected chi connectivity index (χ3v) is 6.78. The maximum atomic E-state index is 6.27. The SMILES string of the molecule is Nc1nccc(Sc2cnc(N3CC4(CC(N)C4)C3)n3ccnc23)c1Cl. The summed E-state index contributed by atoms with van der Waals surface area (Å²) in [5, 5.41) is 0.456. The topological polar surface area (TPSA) is 98.4 Å². The molecule has 1 spiro atoms. The number of hydrogen-bond donors (Lipinski definition) is 2. The molecular formula is C17H18ClN7S. The third-order valence-electron chi connectivity index (χ3n) is 5.20. The molecule has 0 unspecified atom stereocenters. The van der Waals surface area contributed by atoms with E-state index < -0.39 is 0 Å². The van der Waals surface area contributed by atoms with Gasteiger partial charge in [0.1, 0.15) is 5.82 Å². The summed E-state index contributed by atoms with van der Waals surface area (Å²) in [5.41, 5.74) is 13.0. The average Bonchev–Trinajstić information content (AvgIpc) is 3.04. The minimum absolute atomic E-state index is 0.324. The van der Waals surface area contributed by atoms with E-state index in [1.165, 1.54) is 11.8 Å². The van der Waals surface area contributed by atoms with Gasteiger partial charge in [-0.2, -0.15) is 0 Å². The number of nitrogens with two attached hydrogens (primary N) is 2. The first-order chi connectivity index (χ1) is 12.5. The molecule has 0 amide bonds. The summed E-state index contributed by atoms with van der Waals surface area (Å²) < 4.78 is 2.03. The Balaban J connectivity index is 1.45. The molecule has 2 fully saturated rings. The molecule has 1 saturated carbocycles. The van der Waals surface area contributed by atoms with Crippen molar-refractivity contribution in [3.63, 3.8) is 0 Å². The fraction of sp³-hybridized carbons (Fsp3) is 0.353. The Morgan fingerprint density at radius 1 is 1.15 bits per heavy atom. The largest absolute Gasteiger partial charge is 0.382 e. The van der Waals surface area contributed by atoms with Gasteiger partial charge in [-0.05, 0) is 18.9 Å². The molecule has 5 rings (SSSR count). The van der Waals surface area contributed by atoms with Crippen molar-refractivity contribution in [3.8, 4) is 0 Å². The Labute approximate surface area is 159 Å². The highest BCUT2D eigenvalue weighted by molar-refractivity contribution is 7.99. The minimum Gasteiger partial charge on any atom is -0.382 e. The van der Waals surface area contributed by atoms with Crippen LogP contribution in [-0.2, 0) is 0 Å². The molecule has 3 aromatic rings. The maximum absolute atomic E-state index is 6.27. The van der Waals surface area contributed by atoms with Crippen LogP contribution in [0.3, 0.4) is 0 Å². The zero-order valence-corrected chi connectivity index (χ0v) is 15.5. The summed E-state index contributed by atoms with van der Waals surface area (Å²) in [6.45, 7) is 2.03. The van der Waals surface area contributed by atoms with E-state index in [0.717, 1.165) is 47.3 Å². The van der Waals surface area contributed by atoms with Gasteiger partial charge in [-0.15, -0.1) is 0 Å². The summed E-state index contributed by atoms with van der Waals surface area (Å²) in [4.78, 5) is 17.3. The van der Waals surface area contributed by atoms with E-state index in [1.807, 2.05) is 22.9 Å². The van der Waals surface area contributed by atoms with Crippen molar-refractivity contribution in [3.05, 3.63) is 35.9 Å². The molecule has 1 aliphatic heterocycles. The number of hydrogen-bond acceptors (Lipinski definition) is 7. The lowest BCUT2D eigenvalue weighted by atomic mass is 9.61. The molecule has 4 heterocycles. The van der Waals surface area contributed by atoms with Gasteiger partial charge in [-0.3, -0.25) is 4.40 Å². The number of pyridine rings is 1. The summed E-state index contributed by atoms with van der Waals surface area (Å²) in [5.74, 6) is 1.25. The highest BCUT2D eigenvalue weighted by Crippen LogP contribution is 2.48. The monoisotopic (exact) mass is 387 g/mol. The summed E-state index contributed by atoms with van der Waals surface area (Å²) >= 11 is 7.76. The lowest BCUT2D eigenvalue weighted by Gasteiger charge is -2.58. The number of nitrogen functional groups attached to an aromatic ring is 1. The van der Waals surface area contributed by atoms with Crippen LogP contribution in [0.1, 0.15) is 12.8 Å². The Morgan fingerprint density at radius 2 is 1.96 bits per heavy atom. The van der Waals surface area contributed by atoms with Gasteiger partial charge in [0.2, 0.25) is 5.95 Å². The van der Waals surface area contributed by atoms with Crippen LogP contribution in [0, 0.1) is 5.41 Å². The van der Waals surface area contributed by atoms with Crippen LogP contribution in [-0.4, -0.2) is 38.5 Å². The molecule has 2 aliphatic rings. The molecule has 26 heavy (non-hydrogen) atoms. The summed E-state index contributed by atoms with van der Waals surface area (Å²) in [6, 6.07) is 2.21. The van der Waals surface area contributed by atoms with Crippen LogP contribution in [0.2, 0.25) is 5.02 Å². The quantitative estimate of drug-likeness (QED) is 0.712. The second-order valence-electron chi connectivity index (χ2n) is 7.18. The Kier molecular flexibility index (Phi) is 3.57. The molecule has 134 valence electrons.